The molecule has 0 aliphatic carbocycles. The molecule has 0 saturated heterocycles. The maximum Gasteiger partial charge on any atom is 0.272 e. The molecule has 1 aromatic heterocycles. The van der Waals surface area contributed by atoms with E-state index in [1.165, 1.54) is 23.5 Å². The average molecular weight is 325 g/mol. The Labute approximate surface area is 130 Å². The number of rotatable bonds is 4. The summed E-state index contributed by atoms with van der Waals surface area (Å²) >= 11 is 7.28. The van der Waals surface area contributed by atoms with Crippen molar-refractivity contribution in [3.63, 3.8) is 0 Å². The molecule has 0 atom stereocenters. The molecule has 0 spiro atoms. The number of nitro benzene ring substituents is 1. The minimum Gasteiger partial charge on any atom is -0.337 e. The molecule has 0 N–H and O–H groups in total. The van der Waals surface area contributed by atoms with Gasteiger partial charge in [0.05, 0.1) is 15.8 Å². The van der Waals surface area contributed by atoms with Crippen molar-refractivity contribution in [2.45, 2.75) is 13.5 Å². The normalized spacial score (nSPS) is 10.4. The summed E-state index contributed by atoms with van der Waals surface area (Å²) in [5, 5.41) is 10.8. The molecule has 1 aromatic carbocycles. The summed E-state index contributed by atoms with van der Waals surface area (Å²) < 4.78 is 0.678. The molecule has 5 nitrogen and oxygen atoms in total. The van der Waals surface area contributed by atoms with Crippen molar-refractivity contribution in [3.05, 3.63) is 60.8 Å². The number of benzene rings is 1. The van der Waals surface area contributed by atoms with E-state index in [0.717, 1.165) is 4.88 Å². The number of nitrogens with zero attached hydrogens (tertiary/aromatic N) is 2. The smallest absolute Gasteiger partial charge is 0.272 e. The minimum absolute atomic E-state index is 0.0132. The molecule has 2 rings (SSSR count). The first-order valence-corrected chi connectivity index (χ1v) is 7.32. The van der Waals surface area contributed by atoms with Crippen LogP contribution in [-0.2, 0) is 6.54 Å². The van der Waals surface area contributed by atoms with Gasteiger partial charge in [-0.05, 0) is 31.2 Å². The number of halogens is 1. The molecule has 7 heteroatoms. The van der Waals surface area contributed by atoms with Crippen LogP contribution >= 0.6 is 22.9 Å². The zero-order chi connectivity index (χ0) is 15.6. The monoisotopic (exact) mass is 324 g/mol. The predicted molar refractivity (Wildman–Crippen MR) is 83.0 cm³/mol. The molecule has 0 saturated carbocycles. The molecular weight excluding hydrogens is 312 g/mol. The number of aryl methyl sites for hydroxylation is 1. The van der Waals surface area contributed by atoms with Gasteiger partial charge in [-0.3, -0.25) is 14.9 Å². The van der Waals surface area contributed by atoms with E-state index in [1.54, 1.807) is 31.0 Å². The molecule has 0 radical (unpaired) electrons. The van der Waals surface area contributed by atoms with Crippen LogP contribution in [0.15, 0.2) is 30.3 Å². The SMILES string of the molecule is Cc1cc(C(=O)N(C)Cc2ccc(Cl)s2)ccc1[N+](=O)[O-]. The van der Waals surface area contributed by atoms with Gasteiger partial charge in [-0.15, -0.1) is 11.3 Å². The second-order valence-corrected chi connectivity index (χ2v) is 6.43. The van der Waals surface area contributed by atoms with Crippen LogP contribution in [0.2, 0.25) is 4.34 Å². The number of carbonyl (C=O) groups is 1. The first-order chi connectivity index (χ1) is 9.88. The summed E-state index contributed by atoms with van der Waals surface area (Å²) in [6, 6.07) is 8.04. The van der Waals surface area contributed by atoms with Crippen LogP contribution in [0, 0.1) is 17.0 Å². The van der Waals surface area contributed by atoms with Gasteiger partial charge in [0.1, 0.15) is 0 Å². The van der Waals surface area contributed by atoms with Gasteiger partial charge in [-0.2, -0.15) is 0 Å². The lowest BCUT2D eigenvalue weighted by Gasteiger charge is -2.16. The summed E-state index contributed by atoms with van der Waals surface area (Å²) in [6.45, 7) is 2.07. The minimum atomic E-state index is -0.457. The van der Waals surface area contributed by atoms with E-state index in [9.17, 15) is 14.9 Å². The topological polar surface area (TPSA) is 63.5 Å². The van der Waals surface area contributed by atoms with Gasteiger partial charge in [0.15, 0.2) is 0 Å². The maximum absolute atomic E-state index is 12.3. The molecular formula is C14H13ClN2O3S. The van der Waals surface area contributed by atoms with Crippen molar-refractivity contribution in [2.75, 3.05) is 7.05 Å². The Morgan fingerprint density at radius 2 is 2.10 bits per heavy atom. The standard InChI is InChI=1S/C14H13ClN2O3S/c1-9-7-10(3-5-12(9)17(19)20)14(18)16(2)8-11-4-6-13(15)21-11/h3-7H,8H2,1-2H3. The van der Waals surface area contributed by atoms with Crippen LogP contribution < -0.4 is 0 Å². The van der Waals surface area contributed by atoms with Crippen molar-refractivity contribution in [2.24, 2.45) is 0 Å². The molecule has 0 aliphatic heterocycles. The average Bonchev–Trinajstić information content (AvgIpc) is 2.82. The van der Waals surface area contributed by atoms with E-state index >= 15 is 0 Å². The van der Waals surface area contributed by atoms with E-state index in [4.69, 9.17) is 11.6 Å². The van der Waals surface area contributed by atoms with Crippen molar-refractivity contribution in [1.29, 1.82) is 0 Å². The molecule has 1 heterocycles. The largest absolute Gasteiger partial charge is 0.337 e. The fraction of sp³-hybridized carbons (Fsp3) is 0.214. The fourth-order valence-electron chi connectivity index (χ4n) is 1.96. The maximum atomic E-state index is 12.3. The second kappa shape index (κ2) is 6.24. The van der Waals surface area contributed by atoms with Crippen LogP contribution in [-0.4, -0.2) is 22.8 Å². The highest BCUT2D eigenvalue weighted by atomic mass is 35.5. The summed E-state index contributed by atoms with van der Waals surface area (Å²) in [4.78, 5) is 25.2. The summed E-state index contributed by atoms with van der Waals surface area (Å²) in [6.07, 6.45) is 0. The first kappa shape index (κ1) is 15.5. The zero-order valence-corrected chi connectivity index (χ0v) is 13.1. The van der Waals surface area contributed by atoms with Crippen LogP contribution in [0.3, 0.4) is 0 Å². The van der Waals surface area contributed by atoms with Crippen molar-refractivity contribution >= 4 is 34.5 Å². The third-order valence-corrected chi connectivity index (χ3v) is 4.22. The predicted octanol–water partition coefficient (Wildman–Crippen LogP) is 3.89. The third kappa shape index (κ3) is 3.59. The van der Waals surface area contributed by atoms with E-state index < -0.39 is 4.92 Å². The lowest BCUT2D eigenvalue weighted by molar-refractivity contribution is -0.385. The molecule has 0 fully saturated rings. The van der Waals surface area contributed by atoms with Crippen molar-refractivity contribution in [1.82, 2.24) is 4.90 Å². The lowest BCUT2D eigenvalue weighted by atomic mass is 10.1. The Bertz CT molecular complexity index is 699. The summed E-state index contributed by atoms with van der Waals surface area (Å²) in [7, 11) is 1.69. The molecule has 2 aromatic rings. The zero-order valence-electron chi connectivity index (χ0n) is 11.5. The van der Waals surface area contributed by atoms with Gasteiger partial charge >= 0.3 is 0 Å². The fourth-order valence-corrected chi connectivity index (χ4v) is 3.10. The van der Waals surface area contributed by atoms with Gasteiger partial charge in [0.25, 0.3) is 11.6 Å². The van der Waals surface area contributed by atoms with Gasteiger partial charge in [0, 0.05) is 29.1 Å². The van der Waals surface area contributed by atoms with E-state index in [2.05, 4.69) is 0 Å². The van der Waals surface area contributed by atoms with Crippen LogP contribution in [0.25, 0.3) is 0 Å². The van der Waals surface area contributed by atoms with Gasteiger partial charge in [-0.25, -0.2) is 0 Å². The molecule has 0 bridgehead atoms. The quantitative estimate of drug-likeness (QED) is 0.633. The Morgan fingerprint density at radius 1 is 1.38 bits per heavy atom. The lowest BCUT2D eigenvalue weighted by Crippen LogP contribution is -2.25. The highest BCUT2D eigenvalue weighted by Crippen LogP contribution is 2.24. The number of nitro groups is 1. The second-order valence-electron chi connectivity index (χ2n) is 4.63. The third-order valence-electron chi connectivity index (χ3n) is 3.01. The van der Waals surface area contributed by atoms with Crippen molar-refractivity contribution in [3.8, 4) is 0 Å². The molecule has 1 amide bonds. The first-order valence-electron chi connectivity index (χ1n) is 6.13. The van der Waals surface area contributed by atoms with Crippen LogP contribution in [0.1, 0.15) is 20.8 Å². The Morgan fingerprint density at radius 3 is 2.62 bits per heavy atom. The highest BCUT2D eigenvalue weighted by molar-refractivity contribution is 7.16. The molecule has 21 heavy (non-hydrogen) atoms. The van der Waals surface area contributed by atoms with Crippen molar-refractivity contribution < 1.29 is 9.72 Å². The summed E-state index contributed by atoms with van der Waals surface area (Å²) in [5.74, 6) is -0.183. The van der Waals surface area contributed by atoms with Gasteiger partial charge < -0.3 is 4.90 Å². The number of carbonyl (C=O) groups excluding carboxylic acids is 1. The van der Waals surface area contributed by atoms with Gasteiger partial charge in [-0.1, -0.05) is 11.6 Å². The Kier molecular flexibility index (Phi) is 4.59. The van der Waals surface area contributed by atoms with E-state index in [1.807, 2.05) is 6.07 Å². The van der Waals surface area contributed by atoms with Crippen LogP contribution in [0.5, 0.6) is 0 Å². The van der Waals surface area contributed by atoms with Crippen LogP contribution in [0.4, 0.5) is 5.69 Å². The van der Waals surface area contributed by atoms with Gasteiger partial charge in [0.2, 0.25) is 0 Å². The number of hydrogen-bond acceptors (Lipinski definition) is 4. The molecule has 0 unspecified atom stereocenters. The Balaban J connectivity index is 2.15. The molecule has 0 aliphatic rings. The van der Waals surface area contributed by atoms with E-state index in [-0.39, 0.29) is 11.6 Å². The number of hydrogen-bond donors (Lipinski definition) is 0. The highest BCUT2D eigenvalue weighted by Gasteiger charge is 2.17. The number of amides is 1. The van der Waals surface area contributed by atoms with E-state index in [0.29, 0.717) is 22.0 Å². The number of thiophene rings is 1. The molecule has 110 valence electrons. The summed E-state index contributed by atoms with van der Waals surface area (Å²) in [5.41, 5.74) is 0.918. The Hall–Kier alpha value is -1.92.